The maximum atomic E-state index is 5.41. The van der Waals surface area contributed by atoms with E-state index in [0.717, 1.165) is 49.2 Å². The van der Waals surface area contributed by atoms with Crippen LogP contribution in [-0.4, -0.2) is 36.7 Å². The third kappa shape index (κ3) is 4.62. The summed E-state index contributed by atoms with van der Waals surface area (Å²) in [5.74, 6) is 3.50. The molecule has 1 aromatic heterocycles. The summed E-state index contributed by atoms with van der Waals surface area (Å²) in [6.45, 7) is 7.30. The minimum Gasteiger partial charge on any atom is -0.496 e. The molecule has 2 heterocycles. The SMILES string of the molecule is COc1ccccc1CCNc1nc(C)cc(N2CCC(C)CC2)n1. The molecule has 1 N–H and O–H groups in total. The molecule has 1 aromatic carbocycles. The van der Waals surface area contributed by atoms with E-state index in [-0.39, 0.29) is 0 Å². The molecule has 5 nitrogen and oxygen atoms in total. The number of anilines is 2. The lowest BCUT2D eigenvalue weighted by atomic mass is 9.99. The number of nitrogens with zero attached hydrogens (tertiary/aromatic N) is 3. The van der Waals surface area contributed by atoms with Gasteiger partial charge in [0.05, 0.1) is 7.11 Å². The number of aromatic nitrogens is 2. The Bertz CT molecular complexity index is 696. The Morgan fingerprint density at radius 3 is 2.72 bits per heavy atom. The highest BCUT2D eigenvalue weighted by Gasteiger charge is 2.18. The van der Waals surface area contributed by atoms with E-state index in [1.165, 1.54) is 18.4 Å². The van der Waals surface area contributed by atoms with Gasteiger partial charge in [-0.15, -0.1) is 0 Å². The van der Waals surface area contributed by atoms with Crippen LogP contribution in [0.15, 0.2) is 30.3 Å². The van der Waals surface area contributed by atoms with Crippen molar-refractivity contribution in [2.75, 3.05) is 37.0 Å². The molecule has 0 spiro atoms. The number of aryl methyl sites for hydroxylation is 1. The third-order valence-corrected chi connectivity index (χ3v) is 4.82. The fourth-order valence-electron chi connectivity index (χ4n) is 3.25. The van der Waals surface area contributed by atoms with Crippen molar-refractivity contribution in [1.29, 1.82) is 0 Å². The van der Waals surface area contributed by atoms with Crippen molar-refractivity contribution < 1.29 is 4.74 Å². The number of methoxy groups -OCH3 is 1. The Labute approximate surface area is 150 Å². The molecule has 1 aliphatic heterocycles. The lowest BCUT2D eigenvalue weighted by molar-refractivity contribution is 0.410. The number of hydrogen-bond acceptors (Lipinski definition) is 5. The van der Waals surface area contributed by atoms with Crippen LogP contribution in [0.1, 0.15) is 31.0 Å². The number of rotatable bonds is 6. The van der Waals surface area contributed by atoms with Crippen LogP contribution in [0.3, 0.4) is 0 Å². The second-order valence-corrected chi connectivity index (χ2v) is 6.85. The van der Waals surface area contributed by atoms with Gasteiger partial charge in [0.25, 0.3) is 0 Å². The summed E-state index contributed by atoms with van der Waals surface area (Å²) in [5, 5.41) is 3.37. The summed E-state index contributed by atoms with van der Waals surface area (Å²) >= 11 is 0. The zero-order chi connectivity index (χ0) is 17.6. The second-order valence-electron chi connectivity index (χ2n) is 6.85. The van der Waals surface area contributed by atoms with Gasteiger partial charge in [0.2, 0.25) is 5.95 Å². The zero-order valence-electron chi connectivity index (χ0n) is 15.5. The van der Waals surface area contributed by atoms with E-state index >= 15 is 0 Å². The van der Waals surface area contributed by atoms with Crippen LogP contribution >= 0.6 is 0 Å². The molecule has 3 rings (SSSR count). The average molecular weight is 340 g/mol. The fraction of sp³-hybridized carbons (Fsp3) is 0.500. The zero-order valence-corrected chi connectivity index (χ0v) is 15.5. The molecule has 1 aliphatic rings. The minimum atomic E-state index is 0.712. The molecule has 134 valence electrons. The molecule has 0 aliphatic carbocycles. The third-order valence-electron chi connectivity index (χ3n) is 4.82. The second kappa shape index (κ2) is 8.19. The normalized spacial score (nSPS) is 15.2. The maximum Gasteiger partial charge on any atom is 0.224 e. The van der Waals surface area contributed by atoms with E-state index in [4.69, 9.17) is 9.72 Å². The smallest absolute Gasteiger partial charge is 0.224 e. The number of benzene rings is 1. The van der Waals surface area contributed by atoms with Gasteiger partial charge in [-0.3, -0.25) is 0 Å². The van der Waals surface area contributed by atoms with Crippen LogP contribution in [-0.2, 0) is 6.42 Å². The first-order chi connectivity index (χ1) is 12.2. The van der Waals surface area contributed by atoms with Crippen LogP contribution in [0.25, 0.3) is 0 Å². The number of para-hydroxylation sites is 1. The molecule has 0 unspecified atom stereocenters. The van der Waals surface area contributed by atoms with Crippen LogP contribution in [0.5, 0.6) is 5.75 Å². The lowest BCUT2D eigenvalue weighted by Crippen LogP contribution is -2.33. The van der Waals surface area contributed by atoms with Gasteiger partial charge in [-0.1, -0.05) is 25.1 Å². The Balaban J connectivity index is 1.62. The molecule has 2 aromatic rings. The van der Waals surface area contributed by atoms with Gasteiger partial charge in [0.1, 0.15) is 11.6 Å². The van der Waals surface area contributed by atoms with Crippen molar-refractivity contribution in [2.45, 2.75) is 33.1 Å². The van der Waals surface area contributed by atoms with Gasteiger partial charge >= 0.3 is 0 Å². The summed E-state index contributed by atoms with van der Waals surface area (Å²) < 4.78 is 5.41. The van der Waals surface area contributed by atoms with E-state index in [2.05, 4.69) is 34.3 Å². The molecule has 25 heavy (non-hydrogen) atoms. The Morgan fingerprint density at radius 2 is 1.96 bits per heavy atom. The Hall–Kier alpha value is -2.30. The van der Waals surface area contributed by atoms with Crippen molar-refractivity contribution >= 4 is 11.8 Å². The summed E-state index contributed by atoms with van der Waals surface area (Å²) in [6.07, 6.45) is 3.34. The van der Waals surface area contributed by atoms with Crippen LogP contribution < -0.4 is 15.0 Å². The number of hydrogen-bond donors (Lipinski definition) is 1. The fourth-order valence-corrected chi connectivity index (χ4v) is 3.25. The van der Waals surface area contributed by atoms with Gasteiger partial charge in [-0.05, 0) is 43.7 Å². The van der Waals surface area contributed by atoms with Gasteiger partial charge in [-0.2, -0.15) is 4.98 Å². The van der Waals surface area contributed by atoms with E-state index in [0.29, 0.717) is 5.95 Å². The molecule has 0 atom stereocenters. The topological polar surface area (TPSA) is 50.3 Å². The number of piperidine rings is 1. The average Bonchev–Trinajstić information content (AvgIpc) is 2.62. The van der Waals surface area contributed by atoms with Gasteiger partial charge in [0.15, 0.2) is 0 Å². The molecule has 0 amide bonds. The summed E-state index contributed by atoms with van der Waals surface area (Å²) in [4.78, 5) is 11.6. The van der Waals surface area contributed by atoms with E-state index in [1.54, 1.807) is 7.11 Å². The summed E-state index contributed by atoms with van der Waals surface area (Å²) in [7, 11) is 1.71. The van der Waals surface area contributed by atoms with Crippen LogP contribution in [0.4, 0.5) is 11.8 Å². The first kappa shape index (κ1) is 17.5. The standard InChI is InChI=1S/C20H28N4O/c1-15-9-12-24(13-10-15)19-14-16(2)22-20(23-19)21-11-8-17-6-4-5-7-18(17)25-3/h4-7,14-15H,8-13H2,1-3H3,(H,21,22,23). The van der Waals surface area contributed by atoms with E-state index in [1.807, 2.05) is 25.1 Å². The Kier molecular flexibility index (Phi) is 5.74. The molecule has 0 bridgehead atoms. The molecule has 1 saturated heterocycles. The molecule has 0 radical (unpaired) electrons. The van der Waals surface area contributed by atoms with Crippen molar-refractivity contribution in [3.8, 4) is 5.75 Å². The predicted octanol–water partition coefficient (Wildman–Crippen LogP) is 3.68. The van der Waals surface area contributed by atoms with Crippen molar-refractivity contribution in [2.24, 2.45) is 5.92 Å². The molecule has 1 fully saturated rings. The molecular weight excluding hydrogens is 312 g/mol. The largest absolute Gasteiger partial charge is 0.496 e. The summed E-state index contributed by atoms with van der Waals surface area (Å²) in [6, 6.07) is 10.2. The van der Waals surface area contributed by atoms with E-state index in [9.17, 15) is 0 Å². The summed E-state index contributed by atoms with van der Waals surface area (Å²) in [5.41, 5.74) is 2.19. The van der Waals surface area contributed by atoms with Crippen molar-refractivity contribution in [3.05, 3.63) is 41.6 Å². The van der Waals surface area contributed by atoms with Gasteiger partial charge in [0, 0.05) is 31.4 Å². The quantitative estimate of drug-likeness (QED) is 0.869. The predicted molar refractivity (Wildman–Crippen MR) is 103 cm³/mol. The van der Waals surface area contributed by atoms with Crippen LogP contribution in [0, 0.1) is 12.8 Å². The monoisotopic (exact) mass is 340 g/mol. The highest BCUT2D eigenvalue weighted by Crippen LogP contribution is 2.23. The molecule has 0 saturated carbocycles. The Morgan fingerprint density at radius 1 is 1.20 bits per heavy atom. The molecular formula is C20H28N4O. The highest BCUT2D eigenvalue weighted by atomic mass is 16.5. The van der Waals surface area contributed by atoms with Crippen LogP contribution in [0.2, 0.25) is 0 Å². The first-order valence-electron chi connectivity index (χ1n) is 9.12. The maximum absolute atomic E-state index is 5.41. The highest BCUT2D eigenvalue weighted by molar-refractivity contribution is 5.45. The number of nitrogens with one attached hydrogen (secondary N) is 1. The lowest BCUT2D eigenvalue weighted by Gasteiger charge is -2.31. The van der Waals surface area contributed by atoms with Gasteiger partial charge in [-0.25, -0.2) is 4.98 Å². The van der Waals surface area contributed by atoms with Crippen molar-refractivity contribution in [1.82, 2.24) is 9.97 Å². The first-order valence-corrected chi connectivity index (χ1v) is 9.12. The minimum absolute atomic E-state index is 0.712. The van der Waals surface area contributed by atoms with Crippen molar-refractivity contribution in [3.63, 3.8) is 0 Å². The van der Waals surface area contributed by atoms with Gasteiger partial charge < -0.3 is 15.0 Å². The van der Waals surface area contributed by atoms with E-state index < -0.39 is 0 Å². The molecule has 5 heteroatoms. The number of ether oxygens (including phenoxy) is 1.